The molecule has 0 amide bonds. The summed E-state index contributed by atoms with van der Waals surface area (Å²) >= 11 is 0. The first-order valence-corrected chi connectivity index (χ1v) is 13.1. The summed E-state index contributed by atoms with van der Waals surface area (Å²) in [6.45, 7) is 5.18. The van der Waals surface area contributed by atoms with Gasteiger partial charge in [0.25, 0.3) is 0 Å². The second-order valence-electron chi connectivity index (χ2n) is 9.62. The van der Waals surface area contributed by atoms with Gasteiger partial charge in [0, 0.05) is 0 Å². The molecular weight excluding hydrogens is 436 g/mol. The van der Waals surface area contributed by atoms with Gasteiger partial charge in [0.05, 0.1) is 13.2 Å². The SMILES string of the molecule is CCCCCCCc1cc(-c2ccc(-c3ccc(OCC4CO4)cc3)cc2)ccc1OCC1CO1. The molecule has 2 aliphatic heterocycles. The third-order valence-corrected chi connectivity index (χ3v) is 6.68. The highest BCUT2D eigenvalue weighted by atomic mass is 16.6. The monoisotopic (exact) mass is 472 g/mol. The molecule has 0 N–H and O–H groups in total. The Morgan fingerprint density at radius 2 is 1.20 bits per heavy atom. The van der Waals surface area contributed by atoms with Crippen LogP contribution in [0.1, 0.15) is 44.6 Å². The predicted octanol–water partition coefficient (Wildman–Crippen LogP) is 7.09. The number of ether oxygens (including phenoxy) is 4. The van der Waals surface area contributed by atoms with Crippen molar-refractivity contribution in [2.45, 2.75) is 57.7 Å². The molecular formula is C31H36O4. The molecule has 35 heavy (non-hydrogen) atoms. The maximum Gasteiger partial charge on any atom is 0.122 e. The van der Waals surface area contributed by atoms with Crippen LogP contribution in [0.3, 0.4) is 0 Å². The molecule has 5 rings (SSSR count). The molecule has 0 aliphatic carbocycles. The first-order chi connectivity index (χ1) is 17.3. The molecule has 2 aliphatic rings. The molecule has 2 heterocycles. The zero-order chi connectivity index (χ0) is 23.9. The summed E-state index contributed by atoms with van der Waals surface area (Å²) < 4.78 is 22.4. The minimum absolute atomic E-state index is 0.271. The molecule has 0 spiro atoms. The smallest absolute Gasteiger partial charge is 0.122 e. The van der Waals surface area contributed by atoms with E-state index in [1.807, 2.05) is 12.1 Å². The number of hydrogen-bond acceptors (Lipinski definition) is 4. The number of rotatable bonds is 14. The molecule has 3 aromatic rings. The normalized spacial score (nSPS) is 18.3. The molecule has 184 valence electrons. The van der Waals surface area contributed by atoms with Crippen molar-refractivity contribution in [1.29, 1.82) is 0 Å². The first-order valence-electron chi connectivity index (χ1n) is 13.1. The molecule has 2 saturated heterocycles. The molecule has 4 nitrogen and oxygen atoms in total. The standard InChI is InChI=1S/C31H36O4/c1-2-3-4-5-6-7-27-18-26(14-17-31(27)35-22-30-21-34-30)25-10-8-23(9-11-25)24-12-15-28(16-13-24)32-19-29-20-33-29/h8-18,29-30H,2-7,19-22H2,1H3. The Hall–Kier alpha value is -2.82. The van der Waals surface area contributed by atoms with Crippen LogP contribution in [0.2, 0.25) is 0 Å². The summed E-state index contributed by atoms with van der Waals surface area (Å²) in [4.78, 5) is 0. The Morgan fingerprint density at radius 3 is 1.83 bits per heavy atom. The fourth-order valence-corrected chi connectivity index (χ4v) is 4.31. The van der Waals surface area contributed by atoms with Gasteiger partial charge in [-0.3, -0.25) is 0 Å². The molecule has 2 unspecified atom stereocenters. The highest BCUT2D eigenvalue weighted by Gasteiger charge is 2.24. The third-order valence-electron chi connectivity index (χ3n) is 6.68. The van der Waals surface area contributed by atoms with Gasteiger partial charge in [0.15, 0.2) is 0 Å². The topological polar surface area (TPSA) is 43.5 Å². The molecule has 0 bridgehead atoms. The van der Waals surface area contributed by atoms with Gasteiger partial charge in [-0.25, -0.2) is 0 Å². The average Bonchev–Trinajstić information content (AvgIpc) is 3.82. The Balaban J connectivity index is 1.25. The number of benzene rings is 3. The van der Waals surface area contributed by atoms with E-state index in [0.717, 1.165) is 31.1 Å². The molecule has 2 fully saturated rings. The Labute approximate surface area is 209 Å². The Kier molecular flexibility index (Phi) is 8.02. The minimum atomic E-state index is 0.271. The van der Waals surface area contributed by atoms with E-state index in [1.54, 1.807) is 0 Å². The minimum Gasteiger partial charge on any atom is -0.491 e. The van der Waals surface area contributed by atoms with Gasteiger partial charge in [-0.15, -0.1) is 0 Å². The van der Waals surface area contributed by atoms with E-state index in [0.29, 0.717) is 13.2 Å². The van der Waals surface area contributed by atoms with Crippen molar-refractivity contribution < 1.29 is 18.9 Å². The lowest BCUT2D eigenvalue weighted by molar-refractivity contribution is 0.261. The Morgan fingerprint density at radius 1 is 0.657 bits per heavy atom. The van der Waals surface area contributed by atoms with Gasteiger partial charge in [0.1, 0.15) is 36.9 Å². The van der Waals surface area contributed by atoms with Crippen LogP contribution in [0.15, 0.2) is 66.7 Å². The predicted molar refractivity (Wildman–Crippen MR) is 140 cm³/mol. The van der Waals surface area contributed by atoms with E-state index in [-0.39, 0.29) is 12.2 Å². The van der Waals surface area contributed by atoms with Crippen molar-refractivity contribution in [3.05, 3.63) is 72.3 Å². The van der Waals surface area contributed by atoms with Crippen LogP contribution in [-0.2, 0) is 15.9 Å². The summed E-state index contributed by atoms with van der Waals surface area (Å²) in [5.74, 6) is 1.89. The third kappa shape index (κ3) is 7.09. The second kappa shape index (κ2) is 11.7. The maximum atomic E-state index is 6.11. The molecule has 0 saturated carbocycles. The summed E-state index contributed by atoms with van der Waals surface area (Å²) in [7, 11) is 0. The van der Waals surface area contributed by atoms with Crippen LogP contribution in [0.25, 0.3) is 22.3 Å². The van der Waals surface area contributed by atoms with E-state index in [2.05, 4.69) is 61.5 Å². The van der Waals surface area contributed by atoms with Crippen LogP contribution >= 0.6 is 0 Å². The van der Waals surface area contributed by atoms with Crippen LogP contribution in [0, 0.1) is 0 Å². The summed E-state index contributed by atoms with van der Waals surface area (Å²) in [5, 5.41) is 0. The lowest BCUT2D eigenvalue weighted by Gasteiger charge is -2.14. The largest absolute Gasteiger partial charge is 0.491 e. The van der Waals surface area contributed by atoms with Crippen LogP contribution in [-0.4, -0.2) is 38.6 Å². The lowest BCUT2D eigenvalue weighted by atomic mass is 9.97. The molecule has 4 heteroatoms. The van der Waals surface area contributed by atoms with Crippen molar-refractivity contribution in [2.75, 3.05) is 26.4 Å². The number of unbranched alkanes of at least 4 members (excludes halogenated alkanes) is 4. The highest BCUT2D eigenvalue weighted by Crippen LogP contribution is 2.31. The van der Waals surface area contributed by atoms with Crippen molar-refractivity contribution in [3.8, 4) is 33.8 Å². The summed E-state index contributed by atoms with van der Waals surface area (Å²) in [6.07, 6.45) is 7.98. The second-order valence-corrected chi connectivity index (χ2v) is 9.62. The average molecular weight is 473 g/mol. The van der Waals surface area contributed by atoms with Gasteiger partial charge < -0.3 is 18.9 Å². The van der Waals surface area contributed by atoms with Crippen LogP contribution < -0.4 is 9.47 Å². The zero-order valence-corrected chi connectivity index (χ0v) is 20.7. The van der Waals surface area contributed by atoms with E-state index < -0.39 is 0 Å². The van der Waals surface area contributed by atoms with E-state index >= 15 is 0 Å². The fraction of sp³-hybridized carbons (Fsp3) is 0.419. The van der Waals surface area contributed by atoms with Gasteiger partial charge >= 0.3 is 0 Å². The van der Waals surface area contributed by atoms with Gasteiger partial charge in [-0.2, -0.15) is 0 Å². The van der Waals surface area contributed by atoms with Gasteiger partial charge in [-0.05, 0) is 64.9 Å². The summed E-state index contributed by atoms with van der Waals surface area (Å²) in [6, 6.07) is 23.7. The number of epoxide rings is 2. The molecule has 2 atom stereocenters. The van der Waals surface area contributed by atoms with Crippen LogP contribution in [0.4, 0.5) is 0 Å². The van der Waals surface area contributed by atoms with E-state index in [9.17, 15) is 0 Å². The fourth-order valence-electron chi connectivity index (χ4n) is 4.31. The number of aryl methyl sites for hydroxylation is 1. The molecule has 3 aromatic carbocycles. The van der Waals surface area contributed by atoms with Crippen molar-refractivity contribution >= 4 is 0 Å². The first kappa shape index (κ1) is 23.9. The highest BCUT2D eigenvalue weighted by molar-refractivity contribution is 5.71. The van der Waals surface area contributed by atoms with Crippen molar-refractivity contribution in [3.63, 3.8) is 0 Å². The summed E-state index contributed by atoms with van der Waals surface area (Å²) in [5.41, 5.74) is 6.15. The van der Waals surface area contributed by atoms with Crippen molar-refractivity contribution in [1.82, 2.24) is 0 Å². The molecule has 0 radical (unpaired) electrons. The Bertz CT molecular complexity index is 1070. The number of hydrogen-bond donors (Lipinski definition) is 0. The lowest BCUT2D eigenvalue weighted by Crippen LogP contribution is -2.06. The van der Waals surface area contributed by atoms with E-state index in [1.165, 1.54) is 59.9 Å². The molecule has 0 aromatic heterocycles. The van der Waals surface area contributed by atoms with E-state index in [4.69, 9.17) is 18.9 Å². The van der Waals surface area contributed by atoms with Crippen LogP contribution in [0.5, 0.6) is 11.5 Å². The maximum absolute atomic E-state index is 6.11. The van der Waals surface area contributed by atoms with Crippen molar-refractivity contribution in [2.24, 2.45) is 0 Å². The van der Waals surface area contributed by atoms with Gasteiger partial charge in [-0.1, -0.05) is 75.1 Å². The van der Waals surface area contributed by atoms with Gasteiger partial charge in [0.2, 0.25) is 0 Å². The quantitative estimate of drug-likeness (QED) is 0.186. The zero-order valence-electron chi connectivity index (χ0n) is 20.7.